The summed E-state index contributed by atoms with van der Waals surface area (Å²) in [5, 5.41) is 5.04. The van der Waals surface area contributed by atoms with Gasteiger partial charge in [-0.1, -0.05) is 36.8 Å². The fourth-order valence-electron chi connectivity index (χ4n) is 3.60. The quantitative estimate of drug-likeness (QED) is 0.636. The van der Waals surface area contributed by atoms with Gasteiger partial charge in [0.2, 0.25) is 10.0 Å². The number of carbonyl (C=O) groups excluding carboxylic acids is 2. The van der Waals surface area contributed by atoms with Gasteiger partial charge in [0, 0.05) is 25.7 Å². The first-order valence-electron chi connectivity index (χ1n) is 10.3. The van der Waals surface area contributed by atoms with E-state index in [-0.39, 0.29) is 29.8 Å². The van der Waals surface area contributed by atoms with Crippen molar-refractivity contribution in [3.8, 4) is 0 Å². The Hall–Kier alpha value is -2.78. The molecule has 0 radical (unpaired) electrons. The predicted molar refractivity (Wildman–Crippen MR) is 114 cm³/mol. The van der Waals surface area contributed by atoms with Crippen molar-refractivity contribution in [3.63, 3.8) is 0 Å². The predicted octanol–water partition coefficient (Wildman–Crippen LogP) is 2.19. The van der Waals surface area contributed by atoms with E-state index >= 15 is 0 Å². The van der Waals surface area contributed by atoms with E-state index in [4.69, 9.17) is 0 Å². The Morgan fingerprint density at radius 2 is 1.65 bits per heavy atom. The molecule has 0 saturated carbocycles. The number of benzene rings is 2. The average molecular weight is 448 g/mol. The highest BCUT2D eigenvalue weighted by Crippen LogP contribution is 2.26. The molecule has 0 aromatic heterocycles. The molecule has 1 aliphatic rings. The van der Waals surface area contributed by atoms with Crippen LogP contribution in [0.25, 0.3) is 0 Å². The Kier molecular flexibility index (Phi) is 7.75. The molecule has 2 amide bonds. The fourth-order valence-corrected chi connectivity index (χ4v) is 5.35. The Morgan fingerprint density at radius 3 is 2.35 bits per heavy atom. The molecule has 31 heavy (non-hydrogen) atoms. The first-order chi connectivity index (χ1) is 14.9. The van der Waals surface area contributed by atoms with Gasteiger partial charge in [0.1, 0.15) is 5.82 Å². The summed E-state index contributed by atoms with van der Waals surface area (Å²) in [5.41, 5.74) is 0.673. The van der Waals surface area contributed by atoms with Crippen molar-refractivity contribution in [2.75, 3.05) is 13.1 Å². The number of amides is 2. The van der Waals surface area contributed by atoms with Crippen molar-refractivity contribution in [2.24, 2.45) is 0 Å². The van der Waals surface area contributed by atoms with Gasteiger partial charge in [0.25, 0.3) is 0 Å². The maximum Gasteiger partial charge on any atom is 0.309 e. The van der Waals surface area contributed by atoms with Crippen LogP contribution < -0.4 is 10.6 Å². The van der Waals surface area contributed by atoms with Crippen molar-refractivity contribution < 1.29 is 22.4 Å². The van der Waals surface area contributed by atoms with E-state index in [1.54, 1.807) is 30.3 Å². The number of sulfonamides is 1. The van der Waals surface area contributed by atoms with E-state index < -0.39 is 21.8 Å². The lowest BCUT2D eigenvalue weighted by Gasteiger charge is -2.34. The zero-order valence-electron chi connectivity index (χ0n) is 17.1. The summed E-state index contributed by atoms with van der Waals surface area (Å²) in [6.45, 7) is 0.737. The largest absolute Gasteiger partial charge is 0.348 e. The molecule has 1 saturated heterocycles. The van der Waals surface area contributed by atoms with Crippen LogP contribution in [0.3, 0.4) is 0 Å². The number of rotatable bonds is 7. The minimum atomic E-state index is -3.61. The number of nitrogens with one attached hydrogen (secondary N) is 2. The molecule has 0 aliphatic carbocycles. The second kappa shape index (κ2) is 10.5. The van der Waals surface area contributed by atoms with Crippen LogP contribution in [0.5, 0.6) is 0 Å². The van der Waals surface area contributed by atoms with Crippen molar-refractivity contribution in [2.45, 2.75) is 43.2 Å². The van der Waals surface area contributed by atoms with Crippen molar-refractivity contribution in [1.29, 1.82) is 0 Å². The fraction of sp³-hybridized carbons (Fsp3) is 0.364. The zero-order chi connectivity index (χ0) is 22.3. The zero-order valence-corrected chi connectivity index (χ0v) is 17.9. The van der Waals surface area contributed by atoms with Crippen LogP contribution in [0, 0.1) is 5.82 Å². The minimum absolute atomic E-state index is 0.109. The number of piperidine rings is 1. The molecule has 1 atom stereocenters. The number of hydrogen-bond acceptors (Lipinski definition) is 4. The smallest absolute Gasteiger partial charge is 0.309 e. The second-order valence-electron chi connectivity index (χ2n) is 7.43. The van der Waals surface area contributed by atoms with Crippen LogP contribution in [-0.2, 0) is 26.2 Å². The lowest BCUT2D eigenvalue weighted by molar-refractivity contribution is -0.139. The Bertz CT molecular complexity index is 997. The van der Waals surface area contributed by atoms with Gasteiger partial charge in [-0.3, -0.25) is 9.59 Å². The van der Waals surface area contributed by atoms with Gasteiger partial charge in [0.05, 0.1) is 4.90 Å². The molecule has 2 aromatic carbocycles. The van der Waals surface area contributed by atoms with Crippen molar-refractivity contribution >= 4 is 21.8 Å². The summed E-state index contributed by atoms with van der Waals surface area (Å²) < 4.78 is 40.4. The van der Waals surface area contributed by atoms with Gasteiger partial charge in [-0.25, -0.2) is 12.8 Å². The van der Waals surface area contributed by atoms with Gasteiger partial charge in [-0.15, -0.1) is 0 Å². The first-order valence-corrected chi connectivity index (χ1v) is 11.7. The Balaban J connectivity index is 1.50. The van der Waals surface area contributed by atoms with E-state index in [2.05, 4.69) is 10.6 Å². The number of halogens is 1. The van der Waals surface area contributed by atoms with Crippen molar-refractivity contribution in [3.05, 3.63) is 66.0 Å². The minimum Gasteiger partial charge on any atom is -0.348 e. The van der Waals surface area contributed by atoms with E-state index in [0.29, 0.717) is 24.9 Å². The van der Waals surface area contributed by atoms with Crippen LogP contribution in [0.2, 0.25) is 0 Å². The monoisotopic (exact) mass is 447 g/mol. The molecule has 3 rings (SSSR count). The summed E-state index contributed by atoms with van der Waals surface area (Å²) >= 11 is 0. The number of nitrogens with zero attached hydrogens (tertiary/aromatic N) is 1. The highest BCUT2D eigenvalue weighted by atomic mass is 32.2. The molecule has 2 aromatic rings. The molecule has 0 spiro atoms. The summed E-state index contributed by atoms with van der Waals surface area (Å²) in [4.78, 5) is 24.3. The standard InChI is InChI=1S/C22H26FN3O4S/c23-18-11-9-17(10-12-18)16-25-22(28)21(27)24-14-13-19-6-4-5-15-26(19)31(29,30)20-7-2-1-3-8-20/h1-3,7-12,19H,4-6,13-16H2,(H,24,27)(H,25,28)/t19-/m1/s1. The van der Waals surface area contributed by atoms with E-state index in [1.165, 1.54) is 28.6 Å². The third kappa shape index (κ3) is 6.11. The SMILES string of the molecule is O=C(NCC[C@H]1CCCCN1S(=O)(=O)c1ccccc1)C(=O)NCc1ccc(F)cc1. The third-order valence-corrected chi connectivity index (χ3v) is 7.22. The van der Waals surface area contributed by atoms with E-state index in [0.717, 1.165) is 12.8 Å². The Morgan fingerprint density at radius 1 is 0.968 bits per heavy atom. The van der Waals surface area contributed by atoms with Crippen molar-refractivity contribution in [1.82, 2.24) is 14.9 Å². The first kappa shape index (κ1) is 22.9. The molecule has 7 nitrogen and oxygen atoms in total. The topological polar surface area (TPSA) is 95.6 Å². The van der Waals surface area contributed by atoms with Crippen LogP contribution in [-0.4, -0.2) is 43.7 Å². The van der Waals surface area contributed by atoms with Crippen LogP contribution in [0.1, 0.15) is 31.2 Å². The van der Waals surface area contributed by atoms with E-state index in [1.807, 2.05) is 0 Å². The molecule has 1 aliphatic heterocycles. The molecular weight excluding hydrogens is 421 g/mol. The van der Waals surface area contributed by atoms with Gasteiger partial charge in [-0.2, -0.15) is 4.31 Å². The summed E-state index contributed by atoms with van der Waals surface area (Å²) in [7, 11) is -3.61. The van der Waals surface area contributed by atoms with Gasteiger partial charge < -0.3 is 10.6 Å². The van der Waals surface area contributed by atoms with Gasteiger partial charge in [-0.05, 0) is 49.1 Å². The molecule has 1 heterocycles. The molecule has 9 heteroatoms. The normalized spacial score (nSPS) is 17.1. The number of hydrogen-bond donors (Lipinski definition) is 2. The summed E-state index contributed by atoms with van der Waals surface area (Å²) in [5.74, 6) is -1.95. The second-order valence-corrected chi connectivity index (χ2v) is 9.32. The summed E-state index contributed by atoms with van der Waals surface area (Å²) in [6.07, 6.45) is 2.83. The molecule has 1 fully saturated rings. The van der Waals surface area contributed by atoms with Crippen LogP contribution in [0.15, 0.2) is 59.5 Å². The van der Waals surface area contributed by atoms with Crippen LogP contribution >= 0.6 is 0 Å². The highest BCUT2D eigenvalue weighted by molar-refractivity contribution is 7.89. The van der Waals surface area contributed by atoms with Gasteiger partial charge in [0.15, 0.2) is 0 Å². The molecule has 166 valence electrons. The summed E-state index contributed by atoms with van der Waals surface area (Å²) in [6, 6.07) is 13.7. The lowest BCUT2D eigenvalue weighted by Crippen LogP contribution is -2.46. The third-order valence-electron chi connectivity index (χ3n) is 5.26. The Labute approximate surface area is 181 Å². The maximum absolute atomic E-state index is 13.0. The molecule has 2 N–H and O–H groups in total. The molecule has 0 bridgehead atoms. The van der Waals surface area contributed by atoms with Crippen LogP contribution in [0.4, 0.5) is 4.39 Å². The number of carbonyl (C=O) groups is 2. The van der Waals surface area contributed by atoms with Gasteiger partial charge >= 0.3 is 11.8 Å². The molecular formula is C22H26FN3O4S. The maximum atomic E-state index is 13.0. The molecule has 0 unspecified atom stereocenters. The highest BCUT2D eigenvalue weighted by Gasteiger charge is 2.33. The lowest BCUT2D eigenvalue weighted by atomic mass is 10.0. The van der Waals surface area contributed by atoms with E-state index in [9.17, 15) is 22.4 Å². The average Bonchev–Trinajstić information content (AvgIpc) is 2.79.